The number of hydrogen-bond donors (Lipinski definition) is 1. The van der Waals surface area contributed by atoms with Gasteiger partial charge >= 0.3 is 0 Å². The molecule has 0 aromatic rings. The largest absolute Gasteiger partial charge is 0.383 e. The molecule has 0 aromatic carbocycles. The van der Waals surface area contributed by atoms with Gasteiger partial charge in [0.1, 0.15) is 0 Å². The molecular weight excluding hydrogens is 216 g/mol. The van der Waals surface area contributed by atoms with Crippen LogP contribution in [0, 0.1) is 0 Å². The highest BCUT2D eigenvalue weighted by molar-refractivity contribution is 4.84. The van der Waals surface area contributed by atoms with E-state index >= 15 is 0 Å². The molecule has 1 aliphatic heterocycles. The molecule has 1 fully saturated rings. The Morgan fingerprint density at radius 3 is 2.71 bits per heavy atom. The van der Waals surface area contributed by atoms with Crippen LogP contribution in [-0.2, 0) is 9.47 Å². The molecule has 0 radical (unpaired) electrons. The highest BCUT2D eigenvalue weighted by atomic mass is 16.5. The lowest BCUT2D eigenvalue weighted by atomic mass is 9.97. The number of ether oxygens (including phenoxy) is 2. The number of methoxy groups -OCH3 is 2. The van der Waals surface area contributed by atoms with Gasteiger partial charge in [-0.05, 0) is 33.2 Å². The number of hydrogen-bond acceptors (Lipinski definition) is 4. The summed E-state index contributed by atoms with van der Waals surface area (Å²) < 4.78 is 10.5. The Bertz CT molecular complexity index is 202. The van der Waals surface area contributed by atoms with Crippen LogP contribution in [0.25, 0.3) is 0 Å². The maximum Gasteiger partial charge on any atom is 0.0615 e. The summed E-state index contributed by atoms with van der Waals surface area (Å²) in [6.07, 6.45) is 2.44. The van der Waals surface area contributed by atoms with E-state index in [-0.39, 0.29) is 0 Å². The Balaban J connectivity index is 2.53. The van der Waals surface area contributed by atoms with Crippen molar-refractivity contribution >= 4 is 0 Å². The van der Waals surface area contributed by atoms with Gasteiger partial charge in [0, 0.05) is 38.9 Å². The molecule has 0 aromatic heterocycles. The fourth-order valence-electron chi connectivity index (χ4n) is 2.70. The molecule has 3 atom stereocenters. The molecule has 1 heterocycles. The van der Waals surface area contributed by atoms with Gasteiger partial charge in [-0.15, -0.1) is 0 Å². The Labute approximate surface area is 106 Å². The van der Waals surface area contributed by atoms with E-state index in [0.717, 1.165) is 26.3 Å². The maximum atomic E-state index is 5.28. The minimum Gasteiger partial charge on any atom is -0.383 e. The molecule has 1 rings (SSSR count). The summed E-state index contributed by atoms with van der Waals surface area (Å²) >= 11 is 0. The zero-order valence-corrected chi connectivity index (χ0v) is 11.7. The van der Waals surface area contributed by atoms with E-state index in [1.54, 1.807) is 14.2 Å². The third kappa shape index (κ3) is 4.92. The summed E-state index contributed by atoms with van der Waals surface area (Å²) in [5, 5.41) is 3.50. The Hall–Kier alpha value is -0.160. The highest BCUT2D eigenvalue weighted by Gasteiger charge is 2.27. The highest BCUT2D eigenvalue weighted by Crippen LogP contribution is 2.18. The molecule has 1 aliphatic rings. The van der Waals surface area contributed by atoms with Crippen LogP contribution in [0.15, 0.2) is 0 Å². The van der Waals surface area contributed by atoms with Crippen LogP contribution in [0.1, 0.15) is 26.7 Å². The normalized spacial score (nSPS) is 27.4. The zero-order valence-electron chi connectivity index (χ0n) is 11.7. The van der Waals surface area contributed by atoms with E-state index in [1.807, 2.05) is 0 Å². The second-order valence-corrected chi connectivity index (χ2v) is 5.07. The summed E-state index contributed by atoms with van der Waals surface area (Å²) in [6.45, 7) is 8.22. The van der Waals surface area contributed by atoms with Crippen molar-refractivity contribution in [2.75, 3.05) is 40.5 Å². The molecule has 0 aliphatic carbocycles. The van der Waals surface area contributed by atoms with Gasteiger partial charge in [-0.3, -0.25) is 4.90 Å². The molecule has 0 saturated carbocycles. The third-order valence-corrected chi connectivity index (χ3v) is 3.59. The molecule has 4 nitrogen and oxygen atoms in total. The number of nitrogens with one attached hydrogen (secondary N) is 1. The average molecular weight is 244 g/mol. The smallest absolute Gasteiger partial charge is 0.0615 e. The standard InChI is InChI=1S/C13H28N2O2/c1-11-9-13(5-6-14-11)15(7-8-16-3)12(2)10-17-4/h11-14H,5-10H2,1-4H3. The molecule has 0 bridgehead atoms. The Kier molecular flexibility index (Phi) is 7.04. The number of rotatable bonds is 7. The first kappa shape index (κ1) is 14.9. The van der Waals surface area contributed by atoms with Crippen molar-refractivity contribution < 1.29 is 9.47 Å². The summed E-state index contributed by atoms with van der Waals surface area (Å²) in [5.74, 6) is 0. The third-order valence-electron chi connectivity index (χ3n) is 3.59. The molecule has 0 amide bonds. The van der Waals surface area contributed by atoms with Crippen LogP contribution in [0.5, 0.6) is 0 Å². The summed E-state index contributed by atoms with van der Waals surface area (Å²) in [7, 11) is 3.54. The van der Waals surface area contributed by atoms with Crippen molar-refractivity contribution in [2.24, 2.45) is 0 Å². The number of piperidine rings is 1. The van der Waals surface area contributed by atoms with Crippen LogP contribution in [-0.4, -0.2) is 63.5 Å². The molecule has 1 N–H and O–H groups in total. The SMILES string of the molecule is COCCN(C(C)COC)C1CCNC(C)C1. The predicted octanol–water partition coefficient (Wildman–Crippen LogP) is 1.11. The van der Waals surface area contributed by atoms with E-state index < -0.39 is 0 Å². The second kappa shape index (κ2) is 8.03. The van der Waals surface area contributed by atoms with Crippen molar-refractivity contribution in [3.8, 4) is 0 Å². The predicted molar refractivity (Wildman–Crippen MR) is 70.4 cm³/mol. The molecular formula is C13H28N2O2. The van der Waals surface area contributed by atoms with Crippen molar-refractivity contribution in [1.29, 1.82) is 0 Å². The van der Waals surface area contributed by atoms with Gasteiger partial charge in [0.2, 0.25) is 0 Å². The zero-order chi connectivity index (χ0) is 12.7. The van der Waals surface area contributed by atoms with Crippen LogP contribution < -0.4 is 5.32 Å². The summed E-state index contributed by atoms with van der Waals surface area (Å²) in [4.78, 5) is 2.55. The minimum atomic E-state index is 0.463. The fourth-order valence-corrected chi connectivity index (χ4v) is 2.70. The van der Waals surface area contributed by atoms with Crippen LogP contribution in [0.3, 0.4) is 0 Å². The van der Waals surface area contributed by atoms with E-state index in [4.69, 9.17) is 9.47 Å². The molecule has 0 spiro atoms. The molecule has 1 saturated heterocycles. The second-order valence-electron chi connectivity index (χ2n) is 5.07. The van der Waals surface area contributed by atoms with Crippen molar-refractivity contribution in [3.05, 3.63) is 0 Å². The van der Waals surface area contributed by atoms with Gasteiger partial charge in [-0.25, -0.2) is 0 Å². The summed E-state index contributed by atoms with van der Waals surface area (Å²) in [5.41, 5.74) is 0. The van der Waals surface area contributed by atoms with E-state index in [9.17, 15) is 0 Å². The molecule has 102 valence electrons. The Morgan fingerprint density at radius 2 is 2.12 bits per heavy atom. The van der Waals surface area contributed by atoms with Crippen LogP contribution in [0.4, 0.5) is 0 Å². The van der Waals surface area contributed by atoms with Gasteiger partial charge < -0.3 is 14.8 Å². The van der Waals surface area contributed by atoms with Gasteiger partial charge in [0.15, 0.2) is 0 Å². The lowest BCUT2D eigenvalue weighted by Gasteiger charge is -2.40. The van der Waals surface area contributed by atoms with E-state index in [1.165, 1.54) is 12.8 Å². The van der Waals surface area contributed by atoms with Gasteiger partial charge in [-0.1, -0.05) is 0 Å². The maximum absolute atomic E-state index is 5.28. The first-order chi connectivity index (χ1) is 8.19. The topological polar surface area (TPSA) is 33.7 Å². The van der Waals surface area contributed by atoms with Crippen molar-refractivity contribution in [3.63, 3.8) is 0 Å². The van der Waals surface area contributed by atoms with Crippen molar-refractivity contribution in [1.82, 2.24) is 10.2 Å². The molecule has 17 heavy (non-hydrogen) atoms. The van der Waals surface area contributed by atoms with Gasteiger partial charge in [0.25, 0.3) is 0 Å². The monoisotopic (exact) mass is 244 g/mol. The number of nitrogens with zero attached hydrogens (tertiary/aromatic N) is 1. The van der Waals surface area contributed by atoms with E-state index in [2.05, 4.69) is 24.1 Å². The van der Waals surface area contributed by atoms with Gasteiger partial charge in [-0.2, -0.15) is 0 Å². The lowest BCUT2D eigenvalue weighted by molar-refractivity contribution is 0.0329. The van der Waals surface area contributed by atoms with Gasteiger partial charge in [0.05, 0.1) is 13.2 Å². The molecule has 4 heteroatoms. The van der Waals surface area contributed by atoms with Crippen LogP contribution >= 0.6 is 0 Å². The van der Waals surface area contributed by atoms with E-state index in [0.29, 0.717) is 18.1 Å². The first-order valence-corrected chi connectivity index (χ1v) is 6.66. The summed E-state index contributed by atoms with van der Waals surface area (Å²) in [6, 6.07) is 1.74. The lowest BCUT2D eigenvalue weighted by Crippen LogP contribution is -2.51. The average Bonchev–Trinajstić information content (AvgIpc) is 2.30. The quantitative estimate of drug-likeness (QED) is 0.727. The van der Waals surface area contributed by atoms with Crippen LogP contribution in [0.2, 0.25) is 0 Å². The Morgan fingerprint density at radius 1 is 1.35 bits per heavy atom. The minimum absolute atomic E-state index is 0.463. The first-order valence-electron chi connectivity index (χ1n) is 6.66. The fraction of sp³-hybridized carbons (Fsp3) is 1.00. The molecule has 3 unspecified atom stereocenters. The van der Waals surface area contributed by atoms with Crippen molar-refractivity contribution in [2.45, 2.75) is 44.8 Å².